The first-order valence-corrected chi connectivity index (χ1v) is 5.22. The van der Waals surface area contributed by atoms with E-state index in [1.807, 2.05) is 6.07 Å². The predicted octanol–water partition coefficient (Wildman–Crippen LogP) is 1.94. The Balaban J connectivity index is 2.30. The lowest BCUT2D eigenvalue weighted by Gasteiger charge is -2.17. The maximum Gasteiger partial charge on any atom is 0.260 e. The van der Waals surface area contributed by atoms with Gasteiger partial charge in [-0.05, 0) is 24.3 Å². The lowest BCUT2D eigenvalue weighted by molar-refractivity contribution is 0.0994. The summed E-state index contributed by atoms with van der Waals surface area (Å²) in [5.41, 5.74) is 7.49. The fourth-order valence-electron chi connectivity index (χ4n) is 1.54. The van der Waals surface area contributed by atoms with Crippen LogP contribution in [0.4, 0.5) is 11.4 Å². The van der Waals surface area contributed by atoms with E-state index in [9.17, 15) is 4.79 Å². The van der Waals surface area contributed by atoms with Gasteiger partial charge in [0, 0.05) is 18.9 Å². The fraction of sp³-hybridized carbons (Fsp3) is 0.0769. The molecule has 0 aliphatic rings. The first-order chi connectivity index (χ1) is 8.20. The van der Waals surface area contributed by atoms with Gasteiger partial charge < -0.3 is 10.6 Å². The number of para-hydroxylation sites is 1. The Bertz CT molecular complexity index is 525. The van der Waals surface area contributed by atoms with Crippen LogP contribution in [0.15, 0.2) is 48.8 Å². The van der Waals surface area contributed by atoms with Crippen LogP contribution >= 0.6 is 0 Å². The van der Waals surface area contributed by atoms with Crippen molar-refractivity contribution in [2.24, 2.45) is 0 Å². The van der Waals surface area contributed by atoms with Crippen molar-refractivity contribution in [2.75, 3.05) is 17.7 Å². The van der Waals surface area contributed by atoms with Crippen molar-refractivity contribution in [3.05, 3.63) is 54.4 Å². The lowest BCUT2D eigenvalue weighted by Crippen LogP contribution is -2.27. The molecule has 0 unspecified atom stereocenters. The molecule has 0 bridgehead atoms. The van der Waals surface area contributed by atoms with Crippen LogP contribution in [-0.4, -0.2) is 17.9 Å². The average molecular weight is 227 g/mol. The summed E-state index contributed by atoms with van der Waals surface area (Å²) in [7, 11) is 1.70. The van der Waals surface area contributed by atoms with Gasteiger partial charge in [-0.25, -0.2) is 0 Å². The zero-order valence-electron chi connectivity index (χ0n) is 9.50. The molecule has 0 aliphatic carbocycles. The molecular formula is C13H13N3O. The van der Waals surface area contributed by atoms with Gasteiger partial charge in [-0.2, -0.15) is 0 Å². The number of carbonyl (C=O) groups is 1. The number of aromatic nitrogens is 1. The van der Waals surface area contributed by atoms with E-state index in [4.69, 9.17) is 5.73 Å². The number of nitrogens with zero attached hydrogens (tertiary/aromatic N) is 2. The van der Waals surface area contributed by atoms with E-state index in [0.29, 0.717) is 11.3 Å². The topological polar surface area (TPSA) is 59.2 Å². The summed E-state index contributed by atoms with van der Waals surface area (Å²) < 4.78 is 0. The third kappa shape index (κ3) is 2.25. The van der Waals surface area contributed by atoms with Crippen LogP contribution in [-0.2, 0) is 0 Å². The second kappa shape index (κ2) is 4.65. The Hall–Kier alpha value is -2.36. The highest BCUT2D eigenvalue weighted by molar-refractivity contribution is 6.08. The van der Waals surface area contributed by atoms with E-state index in [1.165, 1.54) is 4.90 Å². The maximum absolute atomic E-state index is 12.2. The summed E-state index contributed by atoms with van der Waals surface area (Å²) in [6.45, 7) is 0. The van der Waals surface area contributed by atoms with E-state index >= 15 is 0 Å². The monoisotopic (exact) mass is 227 g/mol. The molecular weight excluding hydrogens is 214 g/mol. The van der Waals surface area contributed by atoms with Gasteiger partial charge >= 0.3 is 0 Å². The second-order valence-corrected chi connectivity index (χ2v) is 3.66. The van der Waals surface area contributed by atoms with E-state index in [-0.39, 0.29) is 5.91 Å². The van der Waals surface area contributed by atoms with E-state index < -0.39 is 0 Å². The van der Waals surface area contributed by atoms with Crippen LogP contribution in [0.1, 0.15) is 10.4 Å². The third-order valence-electron chi connectivity index (χ3n) is 2.53. The van der Waals surface area contributed by atoms with Gasteiger partial charge in [-0.3, -0.25) is 9.78 Å². The van der Waals surface area contributed by atoms with Crippen molar-refractivity contribution in [2.45, 2.75) is 0 Å². The van der Waals surface area contributed by atoms with Crippen LogP contribution in [0, 0.1) is 0 Å². The van der Waals surface area contributed by atoms with Crippen LogP contribution < -0.4 is 10.6 Å². The first-order valence-electron chi connectivity index (χ1n) is 5.22. The summed E-state index contributed by atoms with van der Waals surface area (Å²) in [6, 6.07) is 10.6. The van der Waals surface area contributed by atoms with Gasteiger partial charge in [0.15, 0.2) is 0 Å². The molecule has 1 aromatic heterocycles. The smallest absolute Gasteiger partial charge is 0.260 e. The highest BCUT2D eigenvalue weighted by Crippen LogP contribution is 2.17. The van der Waals surface area contributed by atoms with Crippen molar-refractivity contribution < 1.29 is 4.79 Å². The fourth-order valence-corrected chi connectivity index (χ4v) is 1.54. The molecule has 0 aliphatic heterocycles. The summed E-state index contributed by atoms with van der Waals surface area (Å²) in [4.78, 5) is 17.7. The number of amides is 1. The standard InChI is InChI=1S/C13H13N3O/c1-16(10-5-4-8-15-9-10)13(17)11-6-2-3-7-12(11)14/h2-9H,14H2,1H3. The molecule has 0 saturated heterocycles. The van der Waals surface area contributed by atoms with Gasteiger partial charge in [0.05, 0.1) is 17.4 Å². The van der Waals surface area contributed by atoms with Gasteiger partial charge in [0.25, 0.3) is 5.91 Å². The van der Waals surface area contributed by atoms with Gasteiger partial charge in [0.1, 0.15) is 0 Å². The molecule has 2 rings (SSSR count). The summed E-state index contributed by atoms with van der Waals surface area (Å²) in [5, 5.41) is 0. The van der Waals surface area contributed by atoms with Crippen LogP contribution in [0.5, 0.6) is 0 Å². The van der Waals surface area contributed by atoms with Crippen LogP contribution in [0.2, 0.25) is 0 Å². The minimum atomic E-state index is -0.142. The number of carbonyl (C=O) groups excluding carboxylic acids is 1. The second-order valence-electron chi connectivity index (χ2n) is 3.66. The maximum atomic E-state index is 12.2. The Morgan fingerprint density at radius 3 is 2.65 bits per heavy atom. The molecule has 4 heteroatoms. The third-order valence-corrected chi connectivity index (χ3v) is 2.53. The van der Waals surface area contributed by atoms with Gasteiger partial charge in [-0.15, -0.1) is 0 Å². The van der Waals surface area contributed by atoms with E-state index in [1.54, 1.807) is 49.8 Å². The molecule has 0 spiro atoms. The quantitative estimate of drug-likeness (QED) is 0.797. The summed E-state index contributed by atoms with van der Waals surface area (Å²) >= 11 is 0. The van der Waals surface area contributed by atoms with Crippen molar-refractivity contribution in [3.63, 3.8) is 0 Å². The molecule has 2 N–H and O–H groups in total. The van der Waals surface area contributed by atoms with Crippen molar-refractivity contribution in [1.82, 2.24) is 4.98 Å². The number of nitrogen functional groups attached to an aromatic ring is 1. The number of benzene rings is 1. The summed E-state index contributed by atoms with van der Waals surface area (Å²) in [5.74, 6) is -0.142. The summed E-state index contributed by atoms with van der Waals surface area (Å²) in [6.07, 6.45) is 3.30. The van der Waals surface area contributed by atoms with E-state index in [2.05, 4.69) is 4.98 Å². The number of pyridine rings is 1. The molecule has 1 amide bonds. The minimum absolute atomic E-state index is 0.142. The molecule has 0 atom stereocenters. The number of hydrogen-bond donors (Lipinski definition) is 1. The average Bonchev–Trinajstić information content (AvgIpc) is 2.39. The minimum Gasteiger partial charge on any atom is -0.398 e. The largest absolute Gasteiger partial charge is 0.398 e. The Morgan fingerprint density at radius 1 is 1.24 bits per heavy atom. The molecule has 1 aromatic carbocycles. The zero-order chi connectivity index (χ0) is 12.3. The molecule has 1 heterocycles. The molecule has 0 radical (unpaired) electrons. The van der Waals surface area contributed by atoms with E-state index in [0.717, 1.165) is 5.69 Å². The number of anilines is 2. The van der Waals surface area contributed by atoms with Crippen LogP contribution in [0.25, 0.3) is 0 Å². The molecule has 17 heavy (non-hydrogen) atoms. The zero-order valence-corrected chi connectivity index (χ0v) is 9.50. The SMILES string of the molecule is CN(C(=O)c1ccccc1N)c1cccnc1. The first kappa shape index (κ1) is 11.1. The predicted molar refractivity (Wildman–Crippen MR) is 67.8 cm³/mol. The Kier molecular flexibility index (Phi) is 3.05. The number of hydrogen-bond acceptors (Lipinski definition) is 3. The molecule has 0 fully saturated rings. The molecule has 4 nitrogen and oxygen atoms in total. The van der Waals surface area contributed by atoms with Crippen molar-refractivity contribution in [3.8, 4) is 0 Å². The van der Waals surface area contributed by atoms with Crippen LogP contribution in [0.3, 0.4) is 0 Å². The molecule has 86 valence electrons. The normalized spacial score (nSPS) is 9.94. The van der Waals surface area contributed by atoms with Gasteiger partial charge in [-0.1, -0.05) is 12.1 Å². The number of nitrogens with two attached hydrogens (primary N) is 1. The van der Waals surface area contributed by atoms with Gasteiger partial charge in [0.2, 0.25) is 0 Å². The van der Waals surface area contributed by atoms with Crippen molar-refractivity contribution in [1.29, 1.82) is 0 Å². The number of rotatable bonds is 2. The van der Waals surface area contributed by atoms with Crippen molar-refractivity contribution >= 4 is 17.3 Å². The highest BCUT2D eigenvalue weighted by Gasteiger charge is 2.15. The Labute approximate surface area is 99.7 Å². The molecule has 0 saturated carbocycles. The lowest BCUT2D eigenvalue weighted by atomic mass is 10.1. The Morgan fingerprint density at radius 2 is 2.00 bits per heavy atom. The highest BCUT2D eigenvalue weighted by atomic mass is 16.2. The molecule has 2 aromatic rings.